The number of nitrogens with one attached hydrogen (secondary N) is 2. The highest BCUT2D eigenvalue weighted by Crippen LogP contribution is 2.32. The van der Waals surface area contributed by atoms with Gasteiger partial charge in [0.05, 0.1) is 16.4 Å². The van der Waals surface area contributed by atoms with Gasteiger partial charge in [0.15, 0.2) is 0 Å². The first-order chi connectivity index (χ1) is 14.2. The minimum atomic E-state index is -4.78. The van der Waals surface area contributed by atoms with E-state index in [-0.39, 0.29) is 11.8 Å². The number of halogens is 5. The van der Waals surface area contributed by atoms with Crippen LogP contribution in [-0.2, 0) is 0 Å². The first-order valence-electron chi connectivity index (χ1n) is 8.99. The molecule has 0 radical (unpaired) electrons. The molecular formula is C20H15Cl2F3N4O. The largest absolute Gasteiger partial charge is 0.573 e. The molecule has 1 heterocycles. The lowest BCUT2D eigenvalue weighted by Gasteiger charge is -2.13. The van der Waals surface area contributed by atoms with Crippen LogP contribution in [0.15, 0.2) is 48.5 Å². The fraction of sp³-hybridized carbons (Fsp3) is 0.200. The summed E-state index contributed by atoms with van der Waals surface area (Å²) in [5.41, 5.74) is 1.40. The van der Waals surface area contributed by atoms with E-state index in [0.29, 0.717) is 38.8 Å². The fourth-order valence-corrected chi connectivity index (χ4v) is 3.05. The maximum atomic E-state index is 12.6. The van der Waals surface area contributed by atoms with Crippen LogP contribution in [0, 0.1) is 0 Å². The molecule has 1 saturated carbocycles. The Kier molecular flexibility index (Phi) is 5.62. The number of rotatable bonds is 6. The Morgan fingerprint density at radius 3 is 2.53 bits per heavy atom. The van der Waals surface area contributed by atoms with Crippen molar-refractivity contribution in [3.05, 3.63) is 58.6 Å². The number of anilines is 3. The van der Waals surface area contributed by atoms with Crippen LogP contribution >= 0.6 is 23.2 Å². The fourth-order valence-electron chi connectivity index (χ4n) is 2.72. The van der Waals surface area contributed by atoms with Gasteiger partial charge in [0.1, 0.15) is 11.6 Å². The van der Waals surface area contributed by atoms with Gasteiger partial charge in [-0.15, -0.1) is 13.2 Å². The zero-order valence-corrected chi connectivity index (χ0v) is 16.8. The Morgan fingerprint density at radius 1 is 1.00 bits per heavy atom. The Bertz CT molecular complexity index is 1070. The molecule has 0 unspecified atom stereocenters. The van der Waals surface area contributed by atoms with Gasteiger partial charge in [-0.3, -0.25) is 0 Å². The third-order valence-electron chi connectivity index (χ3n) is 4.19. The molecule has 4 rings (SSSR count). The van der Waals surface area contributed by atoms with Crippen LogP contribution in [0.5, 0.6) is 5.75 Å². The molecule has 3 aromatic rings. The molecule has 5 nitrogen and oxygen atoms in total. The lowest BCUT2D eigenvalue weighted by atomic mass is 10.1. The smallest absolute Gasteiger partial charge is 0.406 e. The van der Waals surface area contributed by atoms with Crippen molar-refractivity contribution >= 4 is 40.7 Å². The summed E-state index contributed by atoms with van der Waals surface area (Å²) in [6, 6.07) is 12.5. The van der Waals surface area contributed by atoms with Crippen LogP contribution < -0.4 is 15.4 Å². The van der Waals surface area contributed by atoms with Crippen LogP contribution in [0.4, 0.5) is 30.6 Å². The monoisotopic (exact) mass is 454 g/mol. The van der Waals surface area contributed by atoms with Crippen molar-refractivity contribution < 1.29 is 17.9 Å². The summed E-state index contributed by atoms with van der Waals surface area (Å²) in [5, 5.41) is 7.22. The van der Waals surface area contributed by atoms with Gasteiger partial charge in [0.2, 0.25) is 5.95 Å². The van der Waals surface area contributed by atoms with Crippen LogP contribution in [0.3, 0.4) is 0 Å². The van der Waals surface area contributed by atoms with Crippen molar-refractivity contribution in [3.8, 4) is 17.0 Å². The number of alkyl halides is 3. The maximum absolute atomic E-state index is 12.6. The maximum Gasteiger partial charge on any atom is 0.573 e. The Morgan fingerprint density at radius 2 is 1.80 bits per heavy atom. The average molecular weight is 455 g/mol. The second-order valence-electron chi connectivity index (χ2n) is 6.71. The molecule has 0 bridgehead atoms. The number of hydrogen-bond donors (Lipinski definition) is 2. The van der Waals surface area contributed by atoms with E-state index in [1.807, 2.05) is 0 Å². The highest BCUT2D eigenvalue weighted by atomic mass is 35.5. The summed E-state index contributed by atoms with van der Waals surface area (Å²) < 4.78 is 41.7. The Balaban J connectivity index is 1.69. The Labute approximate surface area is 180 Å². The molecule has 2 N–H and O–H groups in total. The van der Waals surface area contributed by atoms with E-state index in [2.05, 4.69) is 25.3 Å². The number of hydrogen-bond acceptors (Lipinski definition) is 5. The topological polar surface area (TPSA) is 59.1 Å². The van der Waals surface area contributed by atoms with Crippen molar-refractivity contribution in [1.82, 2.24) is 9.97 Å². The summed E-state index contributed by atoms with van der Waals surface area (Å²) in [6.07, 6.45) is -2.77. The van der Waals surface area contributed by atoms with E-state index in [1.165, 1.54) is 18.2 Å². The van der Waals surface area contributed by atoms with Gasteiger partial charge < -0.3 is 15.4 Å². The summed E-state index contributed by atoms with van der Waals surface area (Å²) in [5.74, 6) is 0.440. The molecule has 0 saturated heterocycles. The predicted octanol–water partition coefficient (Wildman–Crippen LogP) is 6.67. The van der Waals surface area contributed by atoms with Crippen LogP contribution in [0.2, 0.25) is 10.0 Å². The molecular weight excluding hydrogens is 440 g/mol. The minimum absolute atomic E-state index is 0.280. The third kappa shape index (κ3) is 5.46. The summed E-state index contributed by atoms with van der Waals surface area (Å²) in [7, 11) is 0. The molecule has 0 amide bonds. The van der Waals surface area contributed by atoms with Gasteiger partial charge in [-0.1, -0.05) is 35.3 Å². The first-order valence-corrected chi connectivity index (χ1v) is 9.75. The number of benzene rings is 2. The van der Waals surface area contributed by atoms with Crippen molar-refractivity contribution in [2.24, 2.45) is 0 Å². The number of nitrogens with zero attached hydrogens (tertiary/aromatic N) is 2. The lowest BCUT2D eigenvalue weighted by Crippen LogP contribution is -2.17. The van der Waals surface area contributed by atoms with Gasteiger partial charge >= 0.3 is 6.36 Å². The molecule has 1 aromatic heterocycles. The SMILES string of the molecule is FC(F)(F)Oc1cccc(-c2cc(Nc3cc(Cl)ccc3Cl)nc(NC3CC3)n2)c1. The van der Waals surface area contributed by atoms with Gasteiger partial charge in [-0.25, -0.2) is 4.98 Å². The quantitative estimate of drug-likeness (QED) is 0.435. The Hall–Kier alpha value is -2.71. The summed E-state index contributed by atoms with van der Waals surface area (Å²) >= 11 is 12.3. The van der Waals surface area contributed by atoms with E-state index >= 15 is 0 Å². The molecule has 1 aliphatic carbocycles. The molecule has 1 aliphatic rings. The van der Waals surface area contributed by atoms with Crippen molar-refractivity contribution in [1.29, 1.82) is 0 Å². The highest BCUT2D eigenvalue weighted by Gasteiger charge is 2.31. The number of ether oxygens (including phenoxy) is 1. The molecule has 10 heteroatoms. The van der Waals surface area contributed by atoms with E-state index in [1.54, 1.807) is 30.3 Å². The van der Waals surface area contributed by atoms with Crippen LogP contribution in [0.25, 0.3) is 11.3 Å². The molecule has 0 aliphatic heterocycles. The van der Waals surface area contributed by atoms with Gasteiger partial charge in [0, 0.05) is 22.7 Å². The third-order valence-corrected chi connectivity index (χ3v) is 4.76. The van der Waals surface area contributed by atoms with E-state index < -0.39 is 6.36 Å². The first kappa shape index (κ1) is 20.6. The zero-order valence-electron chi connectivity index (χ0n) is 15.3. The normalized spacial score (nSPS) is 13.8. The van der Waals surface area contributed by atoms with E-state index in [0.717, 1.165) is 12.8 Å². The number of aromatic nitrogens is 2. The van der Waals surface area contributed by atoms with Gasteiger partial charge in [0.25, 0.3) is 0 Å². The van der Waals surface area contributed by atoms with Crippen molar-refractivity contribution in [3.63, 3.8) is 0 Å². The second kappa shape index (κ2) is 8.20. The average Bonchev–Trinajstić information content (AvgIpc) is 3.47. The molecule has 0 spiro atoms. The minimum Gasteiger partial charge on any atom is -0.406 e. The summed E-state index contributed by atoms with van der Waals surface area (Å²) in [6.45, 7) is 0. The van der Waals surface area contributed by atoms with Crippen molar-refractivity contribution in [2.75, 3.05) is 10.6 Å². The van der Waals surface area contributed by atoms with Crippen LogP contribution in [0.1, 0.15) is 12.8 Å². The highest BCUT2D eigenvalue weighted by molar-refractivity contribution is 6.35. The van der Waals surface area contributed by atoms with Gasteiger partial charge in [-0.2, -0.15) is 4.98 Å². The standard InChI is InChI=1S/C20H15Cl2F3N4O/c21-12-4-7-15(22)17(9-12)27-18-10-16(28-19(29-18)26-13-5-6-13)11-2-1-3-14(8-11)30-20(23,24)25/h1-4,7-10,13H,5-6H2,(H2,26,27,28,29). The summed E-state index contributed by atoms with van der Waals surface area (Å²) in [4.78, 5) is 8.89. The second-order valence-corrected chi connectivity index (χ2v) is 7.55. The molecule has 2 aromatic carbocycles. The van der Waals surface area contributed by atoms with Crippen LogP contribution in [-0.4, -0.2) is 22.4 Å². The zero-order chi connectivity index (χ0) is 21.3. The van der Waals surface area contributed by atoms with E-state index in [9.17, 15) is 13.2 Å². The van der Waals surface area contributed by atoms with E-state index in [4.69, 9.17) is 23.2 Å². The predicted molar refractivity (Wildman–Crippen MR) is 111 cm³/mol. The van der Waals surface area contributed by atoms with Crippen molar-refractivity contribution in [2.45, 2.75) is 25.2 Å². The molecule has 0 atom stereocenters. The van der Waals surface area contributed by atoms with Gasteiger partial charge in [-0.05, 0) is 43.2 Å². The molecule has 1 fully saturated rings. The molecule has 156 valence electrons. The lowest BCUT2D eigenvalue weighted by molar-refractivity contribution is -0.274. The molecule has 30 heavy (non-hydrogen) atoms.